The topological polar surface area (TPSA) is 44.4 Å². The fourth-order valence-corrected chi connectivity index (χ4v) is 3.14. The Hall–Kier alpha value is -1.10. The fourth-order valence-electron chi connectivity index (χ4n) is 2.91. The highest BCUT2D eigenvalue weighted by molar-refractivity contribution is 6.30. The molecular weight excluding hydrogens is 286 g/mol. The average molecular weight is 310 g/mol. The molecule has 1 aromatic carbocycles. The molecule has 2 N–H and O–H groups in total. The van der Waals surface area contributed by atoms with Gasteiger partial charge in [-0.05, 0) is 69.6 Å². The van der Waals surface area contributed by atoms with E-state index in [0.717, 1.165) is 30.9 Å². The number of halogens is 1. The van der Waals surface area contributed by atoms with Crippen molar-refractivity contribution in [3.05, 3.63) is 28.8 Å². The highest BCUT2D eigenvalue weighted by Gasteiger charge is 2.21. The summed E-state index contributed by atoms with van der Waals surface area (Å²) >= 11 is 5.93. The molecule has 21 heavy (non-hydrogen) atoms. The molecule has 2 rings (SSSR count). The molecule has 5 heteroatoms. The van der Waals surface area contributed by atoms with Crippen LogP contribution in [0.1, 0.15) is 18.4 Å². The van der Waals surface area contributed by atoms with E-state index in [1.54, 1.807) is 6.07 Å². The number of nitrogens with one attached hydrogen (secondary N) is 2. The molecule has 0 aromatic heterocycles. The molecule has 0 radical (unpaired) electrons. The maximum Gasteiger partial charge on any atom is 0.238 e. The predicted octanol–water partition coefficient (Wildman–Crippen LogP) is 2.52. The molecule has 0 aliphatic carbocycles. The number of hydrogen-bond donors (Lipinski definition) is 2. The lowest BCUT2D eigenvalue weighted by atomic mass is 9.98. The van der Waals surface area contributed by atoms with E-state index in [9.17, 15) is 4.79 Å². The Morgan fingerprint density at radius 3 is 3.00 bits per heavy atom. The normalized spacial score (nSPS) is 19.5. The molecular formula is C16H24ClN3O. The summed E-state index contributed by atoms with van der Waals surface area (Å²) in [7, 11) is 1.98. The Morgan fingerprint density at radius 2 is 2.29 bits per heavy atom. The Morgan fingerprint density at radius 1 is 1.48 bits per heavy atom. The van der Waals surface area contributed by atoms with Crippen molar-refractivity contribution in [1.29, 1.82) is 0 Å². The van der Waals surface area contributed by atoms with Crippen molar-refractivity contribution in [2.24, 2.45) is 5.92 Å². The minimum absolute atomic E-state index is 0.0468. The summed E-state index contributed by atoms with van der Waals surface area (Å²) in [6.45, 7) is 5.43. The number of piperidine rings is 1. The van der Waals surface area contributed by atoms with Gasteiger partial charge < -0.3 is 10.6 Å². The Labute approximate surface area is 131 Å². The van der Waals surface area contributed by atoms with Gasteiger partial charge in [0.05, 0.1) is 6.54 Å². The number of hydrogen-bond acceptors (Lipinski definition) is 3. The molecule has 1 heterocycles. The molecule has 0 saturated carbocycles. The Bertz CT molecular complexity index is 490. The second kappa shape index (κ2) is 7.78. The lowest BCUT2D eigenvalue weighted by molar-refractivity contribution is -0.117. The highest BCUT2D eigenvalue weighted by Crippen LogP contribution is 2.20. The van der Waals surface area contributed by atoms with Gasteiger partial charge in [0.25, 0.3) is 0 Å². The third kappa shape index (κ3) is 4.99. The van der Waals surface area contributed by atoms with Crippen LogP contribution in [0.3, 0.4) is 0 Å². The number of likely N-dealkylation sites (tertiary alicyclic amines) is 1. The van der Waals surface area contributed by atoms with Crippen LogP contribution in [0.5, 0.6) is 0 Å². The first kappa shape index (κ1) is 16.3. The number of carbonyl (C=O) groups excluding carboxylic acids is 1. The maximum absolute atomic E-state index is 12.2. The van der Waals surface area contributed by atoms with Gasteiger partial charge in [-0.2, -0.15) is 0 Å². The molecule has 1 aliphatic rings. The number of anilines is 1. The van der Waals surface area contributed by atoms with Gasteiger partial charge in [0, 0.05) is 17.3 Å². The first-order chi connectivity index (χ1) is 10.1. The van der Waals surface area contributed by atoms with Gasteiger partial charge in [0.1, 0.15) is 0 Å². The third-order valence-electron chi connectivity index (χ3n) is 3.93. The first-order valence-electron chi connectivity index (χ1n) is 7.51. The summed E-state index contributed by atoms with van der Waals surface area (Å²) in [5.74, 6) is 0.694. The molecule has 116 valence electrons. The molecule has 1 aromatic rings. The zero-order chi connectivity index (χ0) is 15.2. The van der Waals surface area contributed by atoms with Crippen LogP contribution in [0.2, 0.25) is 5.02 Å². The van der Waals surface area contributed by atoms with Crippen LogP contribution in [0.25, 0.3) is 0 Å². The van der Waals surface area contributed by atoms with Gasteiger partial charge in [0.2, 0.25) is 5.91 Å². The summed E-state index contributed by atoms with van der Waals surface area (Å²) in [5.41, 5.74) is 1.83. The molecule has 1 atom stereocenters. The van der Waals surface area contributed by atoms with Crippen molar-refractivity contribution >= 4 is 23.2 Å². The number of amides is 1. The van der Waals surface area contributed by atoms with Crippen molar-refractivity contribution < 1.29 is 4.79 Å². The van der Waals surface area contributed by atoms with Crippen LogP contribution in [0.4, 0.5) is 5.69 Å². The second-order valence-corrected chi connectivity index (χ2v) is 6.24. The summed E-state index contributed by atoms with van der Waals surface area (Å²) in [5, 5.41) is 6.89. The molecule has 1 amide bonds. The molecule has 1 saturated heterocycles. The molecule has 0 bridgehead atoms. The van der Waals surface area contributed by atoms with E-state index < -0.39 is 0 Å². The summed E-state index contributed by atoms with van der Waals surface area (Å²) < 4.78 is 0. The lowest BCUT2D eigenvalue weighted by Crippen LogP contribution is -2.42. The van der Waals surface area contributed by atoms with E-state index >= 15 is 0 Å². The van der Waals surface area contributed by atoms with E-state index in [0.29, 0.717) is 17.5 Å². The monoisotopic (exact) mass is 309 g/mol. The maximum atomic E-state index is 12.2. The van der Waals surface area contributed by atoms with Crippen LogP contribution < -0.4 is 10.6 Å². The number of rotatable bonds is 5. The number of nitrogens with zero attached hydrogens (tertiary/aromatic N) is 1. The standard InChI is InChI=1S/C16H24ClN3O/c1-12-8-14(17)5-6-15(12)19-16(21)11-20-7-3-4-13(10-20)9-18-2/h5-6,8,13,18H,3-4,7,9-11H2,1-2H3,(H,19,21). The van der Waals surface area contributed by atoms with Crippen molar-refractivity contribution in [3.8, 4) is 0 Å². The smallest absolute Gasteiger partial charge is 0.238 e. The zero-order valence-corrected chi connectivity index (χ0v) is 13.5. The minimum Gasteiger partial charge on any atom is -0.325 e. The highest BCUT2D eigenvalue weighted by atomic mass is 35.5. The number of aryl methyl sites for hydroxylation is 1. The molecule has 4 nitrogen and oxygen atoms in total. The van der Waals surface area contributed by atoms with E-state index in [4.69, 9.17) is 11.6 Å². The van der Waals surface area contributed by atoms with Crippen molar-refractivity contribution in [1.82, 2.24) is 10.2 Å². The van der Waals surface area contributed by atoms with Gasteiger partial charge in [-0.15, -0.1) is 0 Å². The van der Waals surface area contributed by atoms with Crippen LogP contribution in [-0.4, -0.2) is 44.0 Å². The summed E-state index contributed by atoms with van der Waals surface area (Å²) in [6, 6.07) is 5.52. The van der Waals surface area contributed by atoms with Crippen LogP contribution in [0.15, 0.2) is 18.2 Å². The predicted molar refractivity (Wildman–Crippen MR) is 87.9 cm³/mol. The second-order valence-electron chi connectivity index (χ2n) is 5.81. The van der Waals surface area contributed by atoms with E-state index in [1.165, 1.54) is 12.8 Å². The Balaban J connectivity index is 1.86. The third-order valence-corrected chi connectivity index (χ3v) is 4.16. The SMILES string of the molecule is CNCC1CCCN(CC(=O)Nc2ccc(Cl)cc2C)C1. The summed E-state index contributed by atoms with van der Waals surface area (Å²) in [4.78, 5) is 14.4. The Kier molecular flexibility index (Phi) is 6.03. The largest absolute Gasteiger partial charge is 0.325 e. The van der Waals surface area contributed by atoms with Crippen LogP contribution in [0, 0.1) is 12.8 Å². The zero-order valence-electron chi connectivity index (χ0n) is 12.8. The van der Waals surface area contributed by atoms with Crippen molar-refractivity contribution in [2.45, 2.75) is 19.8 Å². The average Bonchev–Trinajstić information content (AvgIpc) is 2.43. The minimum atomic E-state index is 0.0468. The van der Waals surface area contributed by atoms with E-state index in [-0.39, 0.29) is 5.91 Å². The van der Waals surface area contributed by atoms with Gasteiger partial charge in [-0.1, -0.05) is 11.6 Å². The number of benzene rings is 1. The van der Waals surface area contributed by atoms with Crippen molar-refractivity contribution in [2.75, 3.05) is 38.5 Å². The quantitative estimate of drug-likeness (QED) is 0.878. The molecule has 0 spiro atoms. The summed E-state index contributed by atoms with van der Waals surface area (Å²) in [6.07, 6.45) is 2.41. The number of carbonyl (C=O) groups is 1. The fraction of sp³-hybridized carbons (Fsp3) is 0.562. The molecule has 1 fully saturated rings. The first-order valence-corrected chi connectivity index (χ1v) is 7.89. The van der Waals surface area contributed by atoms with Crippen molar-refractivity contribution in [3.63, 3.8) is 0 Å². The van der Waals surface area contributed by atoms with E-state index in [1.807, 2.05) is 26.1 Å². The van der Waals surface area contributed by atoms with Gasteiger partial charge in [-0.3, -0.25) is 9.69 Å². The molecule has 1 aliphatic heterocycles. The van der Waals surface area contributed by atoms with E-state index in [2.05, 4.69) is 15.5 Å². The van der Waals surface area contributed by atoms with Crippen LogP contribution >= 0.6 is 11.6 Å². The van der Waals surface area contributed by atoms with Gasteiger partial charge in [0.15, 0.2) is 0 Å². The van der Waals surface area contributed by atoms with Crippen LogP contribution in [-0.2, 0) is 4.79 Å². The lowest BCUT2D eigenvalue weighted by Gasteiger charge is -2.32. The van der Waals surface area contributed by atoms with Gasteiger partial charge in [-0.25, -0.2) is 0 Å². The molecule has 1 unspecified atom stereocenters. The van der Waals surface area contributed by atoms with Gasteiger partial charge >= 0.3 is 0 Å².